The number of hydrogen-bond acceptors (Lipinski definition) is 4. The van der Waals surface area contributed by atoms with Gasteiger partial charge in [-0.25, -0.2) is 0 Å². The minimum absolute atomic E-state index is 0.246. The number of carbonyl (C=O) groups excluding carboxylic acids is 1. The van der Waals surface area contributed by atoms with E-state index in [1.165, 1.54) is 11.3 Å². The highest BCUT2D eigenvalue weighted by Gasteiger charge is 2.04. The zero-order valence-corrected chi connectivity index (χ0v) is 8.62. The van der Waals surface area contributed by atoms with Gasteiger partial charge in [0.2, 0.25) is 0 Å². The van der Waals surface area contributed by atoms with E-state index in [0.717, 1.165) is 5.00 Å². The first-order chi connectivity index (χ1) is 7.36. The molecule has 2 heterocycles. The molecule has 1 amide bonds. The van der Waals surface area contributed by atoms with Gasteiger partial charge in [-0.2, -0.15) is 0 Å². The topological polar surface area (TPSA) is 54.0 Å². The highest BCUT2D eigenvalue weighted by Crippen LogP contribution is 2.13. The van der Waals surface area contributed by atoms with Crippen LogP contribution in [0.5, 0.6) is 0 Å². The van der Waals surface area contributed by atoms with Gasteiger partial charge in [-0.15, -0.1) is 11.3 Å². The van der Waals surface area contributed by atoms with Crippen LogP contribution in [0.2, 0.25) is 0 Å². The van der Waals surface area contributed by atoms with Crippen molar-refractivity contribution in [3.05, 3.63) is 47.6 Å². The first-order valence-corrected chi connectivity index (χ1v) is 5.25. The second kappa shape index (κ2) is 4.56. The molecule has 0 unspecified atom stereocenters. The van der Waals surface area contributed by atoms with E-state index in [-0.39, 0.29) is 5.91 Å². The molecule has 0 spiro atoms. The van der Waals surface area contributed by atoms with Crippen molar-refractivity contribution in [2.24, 2.45) is 0 Å². The molecule has 0 aliphatic rings. The van der Waals surface area contributed by atoms with Gasteiger partial charge in [-0.1, -0.05) is 6.07 Å². The van der Waals surface area contributed by atoms with Gasteiger partial charge < -0.3 is 0 Å². The predicted molar refractivity (Wildman–Crippen MR) is 59.6 cm³/mol. The van der Waals surface area contributed by atoms with Crippen LogP contribution in [-0.2, 0) is 0 Å². The van der Waals surface area contributed by atoms with Gasteiger partial charge in [0.25, 0.3) is 5.91 Å². The van der Waals surface area contributed by atoms with E-state index >= 15 is 0 Å². The summed E-state index contributed by atoms with van der Waals surface area (Å²) < 4.78 is 0. The Morgan fingerprint density at radius 1 is 1.27 bits per heavy atom. The third kappa shape index (κ3) is 2.54. The lowest BCUT2D eigenvalue weighted by Crippen LogP contribution is -2.29. The minimum atomic E-state index is -0.246. The monoisotopic (exact) mass is 219 g/mol. The molecule has 0 radical (unpaired) electrons. The summed E-state index contributed by atoms with van der Waals surface area (Å²) in [7, 11) is 0. The molecular weight excluding hydrogens is 210 g/mol. The molecule has 0 bridgehead atoms. The first-order valence-electron chi connectivity index (χ1n) is 4.37. The smallest absolute Gasteiger partial charge is 0.288 e. The quantitative estimate of drug-likeness (QED) is 0.775. The first kappa shape index (κ1) is 9.67. The van der Waals surface area contributed by atoms with Crippen molar-refractivity contribution in [2.75, 3.05) is 5.43 Å². The Morgan fingerprint density at radius 3 is 2.87 bits per heavy atom. The third-order valence-electron chi connectivity index (χ3n) is 1.72. The SMILES string of the molecule is O=C(NNc1cccs1)c1ccccn1. The Bertz CT molecular complexity index is 427. The molecule has 0 aliphatic heterocycles. The van der Waals surface area contributed by atoms with Crippen molar-refractivity contribution in [2.45, 2.75) is 0 Å². The lowest BCUT2D eigenvalue weighted by atomic mass is 10.3. The van der Waals surface area contributed by atoms with Crippen LogP contribution in [0.4, 0.5) is 5.00 Å². The second-order valence-electron chi connectivity index (χ2n) is 2.77. The van der Waals surface area contributed by atoms with Crippen molar-refractivity contribution in [3.63, 3.8) is 0 Å². The van der Waals surface area contributed by atoms with Gasteiger partial charge >= 0.3 is 0 Å². The van der Waals surface area contributed by atoms with Crippen LogP contribution in [0, 0.1) is 0 Å². The average Bonchev–Trinajstić information content (AvgIpc) is 2.80. The fourth-order valence-corrected chi connectivity index (χ4v) is 1.60. The molecule has 5 heteroatoms. The summed E-state index contributed by atoms with van der Waals surface area (Å²) in [6.07, 6.45) is 1.58. The molecule has 0 aliphatic carbocycles. The molecule has 0 saturated heterocycles. The zero-order valence-electron chi connectivity index (χ0n) is 7.81. The van der Waals surface area contributed by atoms with Crippen molar-refractivity contribution < 1.29 is 4.79 Å². The van der Waals surface area contributed by atoms with Gasteiger partial charge in [0.05, 0.1) is 0 Å². The fraction of sp³-hybridized carbons (Fsp3) is 0. The molecule has 2 rings (SSSR count). The number of aromatic nitrogens is 1. The number of nitrogens with one attached hydrogen (secondary N) is 2. The average molecular weight is 219 g/mol. The van der Waals surface area contributed by atoms with Crippen LogP contribution in [-0.4, -0.2) is 10.9 Å². The standard InChI is InChI=1S/C10H9N3OS/c14-10(8-4-1-2-6-11-8)13-12-9-5-3-7-15-9/h1-7,12H,(H,13,14). The minimum Gasteiger partial charge on any atom is -0.289 e. The second-order valence-corrected chi connectivity index (χ2v) is 3.72. The summed E-state index contributed by atoms with van der Waals surface area (Å²) in [4.78, 5) is 15.4. The van der Waals surface area contributed by atoms with Crippen LogP contribution in [0.1, 0.15) is 10.5 Å². The number of amides is 1. The van der Waals surface area contributed by atoms with Gasteiger partial charge in [-0.05, 0) is 29.6 Å². The lowest BCUT2D eigenvalue weighted by molar-refractivity contribution is 0.0958. The van der Waals surface area contributed by atoms with Gasteiger partial charge in [0.1, 0.15) is 10.7 Å². The fourth-order valence-electron chi connectivity index (χ4n) is 1.03. The number of pyridine rings is 1. The lowest BCUT2D eigenvalue weighted by Gasteiger charge is -2.04. The van der Waals surface area contributed by atoms with E-state index < -0.39 is 0 Å². The Morgan fingerprint density at radius 2 is 2.20 bits per heavy atom. The molecule has 0 atom stereocenters. The van der Waals surface area contributed by atoms with E-state index in [1.54, 1.807) is 24.4 Å². The van der Waals surface area contributed by atoms with E-state index in [1.807, 2.05) is 17.5 Å². The van der Waals surface area contributed by atoms with E-state index in [9.17, 15) is 4.79 Å². The maximum Gasteiger partial charge on any atom is 0.288 e. The zero-order chi connectivity index (χ0) is 10.5. The van der Waals surface area contributed by atoms with Crippen molar-refractivity contribution in [3.8, 4) is 0 Å². The molecule has 0 aromatic carbocycles. The molecule has 2 N–H and O–H groups in total. The molecule has 0 fully saturated rings. The number of carbonyl (C=O) groups is 1. The summed E-state index contributed by atoms with van der Waals surface area (Å²) in [5.41, 5.74) is 5.75. The van der Waals surface area contributed by atoms with Gasteiger partial charge in [-0.3, -0.25) is 20.6 Å². The molecule has 15 heavy (non-hydrogen) atoms. The maximum absolute atomic E-state index is 11.5. The van der Waals surface area contributed by atoms with Crippen LogP contribution in [0.3, 0.4) is 0 Å². The van der Waals surface area contributed by atoms with Crippen LogP contribution in [0.15, 0.2) is 41.9 Å². The number of nitrogens with zero attached hydrogens (tertiary/aromatic N) is 1. The molecule has 2 aromatic heterocycles. The van der Waals surface area contributed by atoms with Crippen molar-refractivity contribution in [1.29, 1.82) is 0 Å². The van der Waals surface area contributed by atoms with Crippen molar-refractivity contribution >= 4 is 22.2 Å². The van der Waals surface area contributed by atoms with Gasteiger partial charge in [0, 0.05) is 6.20 Å². The molecule has 2 aromatic rings. The van der Waals surface area contributed by atoms with Crippen LogP contribution >= 0.6 is 11.3 Å². The Labute approximate surface area is 90.9 Å². The highest BCUT2D eigenvalue weighted by molar-refractivity contribution is 7.14. The summed E-state index contributed by atoms with van der Waals surface area (Å²) in [5, 5.41) is 2.81. The van der Waals surface area contributed by atoms with E-state index in [2.05, 4.69) is 15.8 Å². The summed E-state index contributed by atoms with van der Waals surface area (Å²) in [5.74, 6) is -0.246. The van der Waals surface area contributed by atoms with Crippen LogP contribution in [0.25, 0.3) is 0 Å². The van der Waals surface area contributed by atoms with Crippen molar-refractivity contribution in [1.82, 2.24) is 10.4 Å². The summed E-state index contributed by atoms with van der Waals surface area (Å²) in [6, 6.07) is 8.98. The Balaban J connectivity index is 1.94. The molecular formula is C10H9N3OS. The normalized spacial score (nSPS) is 9.60. The Kier molecular flexibility index (Phi) is 2.94. The maximum atomic E-state index is 11.5. The Hall–Kier alpha value is -1.88. The molecule has 4 nitrogen and oxygen atoms in total. The predicted octanol–water partition coefficient (Wildman–Crippen LogP) is 1.90. The highest BCUT2D eigenvalue weighted by atomic mass is 32.1. The number of hydrogen-bond donors (Lipinski definition) is 2. The van der Waals surface area contributed by atoms with Gasteiger partial charge in [0.15, 0.2) is 0 Å². The third-order valence-corrected chi connectivity index (χ3v) is 2.50. The number of rotatable bonds is 3. The number of hydrazine groups is 1. The molecule has 76 valence electrons. The molecule has 0 saturated carbocycles. The van der Waals surface area contributed by atoms with Crippen LogP contribution < -0.4 is 10.9 Å². The number of thiophene rings is 1. The summed E-state index contributed by atoms with van der Waals surface area (Å²) >= 11 is 1.51. The largest absolute Gasteiger partial charge is 0.289 e. The summed E-state index contributed by atoms with van der Waals surface area (Å²) in [6.45, 7) is 0. The number of anilines is 1. The van der Waals surface area contributed by atoms with E-state index in [4.69, 9.17) is 0 Å². The van der Waals surface area contributed by atoms with E-state index in [0.29, 0.717) is 5.69 Å².